The topological polar surface area (TPSA) is 80.1 Å². The van der Waals surface area contributed by atoms with Gasteiger partial charge in [-0.25, -0.2) is 9.37 Å². The number of amides is 2. The minimum Gasteiger partial charge on any atom is -0.324 e. The van der Waals surface area contributed by atoms with Crippen molar-refractivity contribution in [3.63, 3.8) is 0 Å². The number of anilines is 2. The molecule has 1 aliphatic rings. The van der Waals surface area contributed by atoms with Crippen LogP contribution in [0.5, 0.6) is 0 Å². The Balaban J connectivity index is 1.54. The van der Waals surface area contributed by atoms with Crippen LogP contribution in [0.1, 0.15) is 18.2 Å². The minimum absolute atomic E-state index is 0.0206. The fraction of sp³-hybridized carbons (Fsp3) is 0.130. The highest BCUT2D eigenvalue weighted by molar-refractivity contribution is 6.03. The van der Waals surface area contributed by atoms with Gasteiger partial charge in [-0.2, -0.15) is 0 Å². The van der Waals surface area contributed by atoms with Crippen molar-refractivity contribution in [2.45, 2.75) is 19.0 Å². The highest BCUT2D eigenvalue weighted by Crippen LogP contribution is 2.35. The maximum atomic E-state index is 13.2. The van der Waals surface area contributed by atoms with Gasteiger partial charge in [0.25, 0.3) is 0 Å². The fourth-order valence-corrected chi connectivity index (χ4v) is 3.79. The molecule has 1 atom stereocenters. The SMILES string of the molecule is O=C(Nc1ccc(F)cc1)[C@H]1CC(=O)N(Cc2ccccn2)c2nc3ccccc3n21. The Kier molecular flexibility index (Phi) is 4.66. The van der Waals surface area contributed by atoms with Gasteiger partial charge in [-0.3, -0.25) is 24.0 Å². The van der Waals surface area contributed by atoms with Crippen LogP contribution in [0, 0.1) is 5.82 Å². The van der Waals surface area contributed by atoms with Crippen molar-refractivity contribution in [3.8, 4) is 0 Å². The highest BCUT2D eigenvalue weighted by atomic mass is 19.1. The van der Waals surface area contributed by atoms with Crippen LogP contribution in [0.4, 0.5) is 16.0 Å². The second-order valence-electron chi connectivity index (χ2n) is 7.29. The smallest absolute Gasteiger partial charge is 0.248 e. The molecule has 0 fully saturated rings. The summed E-state index contributed by atoms with van der Waals surface area (Å²) in [7, 11) is 0. The zero-order valence-electron chi connectivity index (χ0n) is 16.4. The van der Waals surface area contributed by atoms with E-state index < -0.39 is 6.04 Å². The molecular formula is C23H18FN5O2. The number of hydrogen-bond acceptors (Lipinski definition) is 4. The summed E-state index contributed by atoms with van der Waals surface area (Å²) in [5.74, 6) is -0.559. The van der Waals surface area contributed by atoms with E-state index in [1.807, 2.05) is 42.5 Å². The summed E-state index contributed by atoms with van der Waals surface area (Å²) in [5, 5.41) is 2.78. The maximum Gasteiger partial charge on any atom is 0.248 e. The fourth-order valence-electron chi connectivity index (χ4n) is 3.79. The number of nitrogens with one attached hydrogen (secondary N) is 1. The van der Waals surface area contributed by atoms with Gasteiger partial charge in [0.1, 0.15) is 11.9 Å². The molecule has 154 valence electrons. The van der Waals surface area contributed by atoms with Gasteiger partial charge in [0.2, 0.25) is 17.8 Å². The Bertz CT molecular complexity index is 1270. The number of pyridine rings is 1. The number of aromatic nitrogens is 3. The van der Waals surface area contributed by atoms with Crippen molar-refractivity contribution in [1.82, 2.24) is 14.5 Å². The molecule has 1 aliphatic heterocycles. The van der Waals surface area contributed by atoms with Gasteiger partial charge in [0.05, 0.1) is 29.7 Å². The van der Waals surface area contributed by atoms with E-state index in [9.17, 15) is 14.0 Å². The van der Waals surface area contributed by atoms with E-state index in [1.54, 1.807) is 15.7 Å². The quantitative estimate of drug-likeness (QED) is 0.551. The molecule has 4 aromatic rings. The number of carbonyl (C=O) groups excluding carboxylic acids is 2. The van der Waals surface area contributed by atoms with Crippen molar-refractivity contribution >= 4 is 34.5 Å². The second-order valence-corrected chi connectivity index (χ2v) is 7.29. The van der Waals surface area contributed by atoms with Crippen LogP contribution in [-0.2, 0) is 16.1 Å². The number of hydrogen-bond donors (Lipinski definition) is 1. The van der Waals surface area contributed by atoms with E-state index in [-0.39, 0.29) is 30.6 Å². The zero-order valence-corrected chi connectivity index (χ0v) is 16.4. The molecule has 0 spiro atoms. The first-order valence-electron chi connectivity index (χ1n) is 9.84. The summed E-state index contributed by atoms with van der Waals surface area (Å²) in [6.07, 6.45) is 1.65. The van der Waals surface area contributed by atoms with Crippen LogP contribution in [0.3, 0.4) is 0 Å². The average molecular weight is 415 g/mol. The van der Waals surface area contributed by atoms with Crippen LogP contribution < -0.4 is 10.2 Å². The first-order valence-corrected chi connectivity index (χ1v) is 9.84. The Morgan fingerprint density at radius 1 is 1.06 bits per heavy atom. The monoisotopic (exact) mass is 415 g/mol. The molecular weight excluding hydrogens is 397 g/mol. The van der Waals surface area contributed by atoms with E-state index >= 15 is 0 Å². The predicted octanol–water partition coefficient (Wildman–Crippen LogP) is 3.69. The lowest BCUT2D eigenvalue weighted by atomic mass is 10.1. The van der Waals surface area contributed by atoms with E-state index in [0.717, 1.165) is 11.2 Å². The van der Waals surface area contributed by atoms with Gasteiger partial charge in [0.15, 0.2) is 0 Å². The Labute approximate surface area is 177 Å². The molecule has 5 rings (SSSR count). The first kappa shape index (κ1) is 18.9. The van der Waals surface area contributed by atoms with Crippen molar-refractivity contribution in [3.05, 3.63) is 84.4 Å². The zero-order chi connectivity index (χ0) is 21.4. The van der Waals surface area contributed by atoms with Crippen LogP contribution >= 0.6 is 0 Å². The molecule has 0 aliphatic carbocycles. The number of para-hydroxylation sites is 2. The summed E-state index contributed by atoms with van der Waals surface area (Å²) in [5.41, 5.74) is 2.64. The number of nitrogens with zero attached hydrogens (tertiary/aromatic N) is 4. The lowest BCUT2D eigenvalue weighted by molar-refractivity contribution is -0.126. The molecule has 1 N–H and O–H groups in total. The van der Waals surface area contributed by atoms with Gasteiger partial charge in [-0.15, -0.1) is 0 Å². The molecule has 0 saturated heterocycles. The third kappa shape index (κ3) is 3.52. The van der Waals surface area contributed by atoms with Crippen molar-refractivity contribution in [1.29, 1.82) is 0 Å². The molecule has 0 radical (unpaired) electrons. The van der Waals surface area contributed by atoms with Gasteiger partial charge in [-0.1, -0.05) is 18.2 Å². The average Bonchev–Trinajstić information content (AvgIpc) is 3.17. The highest BCUT2D eigenvalue weighted by Gasteiger charge is 2.37. The normalized spacial score (nSPS) is 15.7. The number of halogens is 1. The van der Waals surface area contributed by atoms with Gasteiger partial charge in [0, 0.05) is 11.9 Å². The van der Waals surface area contributed by atoms with Gasteiger partial charge >= 0.3 is 0 Å². The van der Waals surface area contributed by atoms with Gasteiger partial charge in [-0.05, 0) is 48.5 Å². The minimum atomic E-state index is -0.778. The number of carbonyl (C=O) groups is 2. The lowest BCUT2D eigenvalue weighted by Gasteiger charge is -2.32. The Morgan fingerprint density at radius 3 is 2.61 bits per heavy atom. The summed E-state index contributed by atoms with van der Waals surface area (Å²) >= 11 is 0. The molecule has 0 bridgehead atoms. The predicted molar refractivity (Wildman–Crippen MR) is 114 cm³/mol. The lowest BCUT2D eigenvalue weighted by Crippen LogP contribution is -2.42. The Hall–Kier alpha value is -4.07. The molecule has 2 amide bonds. The van der Waals surface area contributed by atoms with Crippen LogP contribution in [0.2, 0.25) is 0 Å². The first-order chi connectivity index (χ1) is 15.1. The Morgan fingerprint density at radius 2 is 1.84 bits per heavy atom. The summed E-state index contributed by atoms with van der Waals surface area (Å²) < 4.78 is 15.0. The number of benzene rings is 2. The number of fused-ring (bicyclic) bond motifs is 3. The second kappa shape index (κ2) is 7.64. The maximum absolute atomic E-state index is 13.2. The van der Waals surface area contributed by atoms with Gasteiger partial charge < -0.3 is 5.32 Å². The number of rotatable bonds is 4. The van der Waals surface area contributed by atoms with E-state index in [0.29, 0.717) is 17.2 Å². The van der Waals surface area contributed by atoms with Crippen molar-refractivity contribution in [2.75, 3.05) is 10.2 Å². The van der Waals surface area contributed by atoms with Crippen LogP contribution in [0.15, 0.2) is 72.9 Å². The van der Waals surface area contributed by atoms with E-state index in [1.165, 1.54) is 24.3 Å². The third-order valence-corrected chi connectivity index (χ3v) is 5.26. The van der Waals surface area contributed by atoms with E-state index in [4.69, 9.17) is 0 Å². The summed E-state index contributed by atoms with van der Waals surface area (Å²) in [4.78, 5) is 36.7. The van der Waals surface area contributed by atoms with Crippen LogP contribution in [-0.4, -0.2) is 26.3 Å². The molecule has 0 saturated carbocycles. The molecule has 7 nitrogen and oxygen atoms in total. The van der Waals surface area contributed by atoms with Crippen LogP contribution in [0.25, 0.3) is 11.0 Å². The van der Waals surface area contributed by atoms with E-state index in [2.05, 4.69) is 15.3 Å². The summed E-state index contributed by atoms with van der Waals surface area (Å²) in [6, 6.07) is 17.7. The largest absolute Gasteiger partial charge is 0.324 e. The number of imidazole rings is 1. The molecule has 2 aromatic carbocycles. The molecule has 8 heteroatoms. The molecule has 3 heterocycles. The third-order valence-electron chi connectivity index (χ3n) is 5.26. The standard InChI is InChI=1S/C23H18FN5O2/c24-15-8-10-16(11-9-15)26-22(31)20-13-21(30)28(14-17-5-3-4-12-25-17)23-27-18-6-1-2-7-19(18)29(20)23/h1-12,20H,13-14H2,(H,26,31)/t20-/m1/s1. The molecule has 0 unspecified atom stereocenters. The molecule has 31 heavy (non-hydrogen) atoms. The molecule has 2 aromatic heterocycles. The van der Waals surface area contributed by atoms with Crippen molar-refractivity contribution in [2.24, 2.45) is 0 Å². The van der Waals surface area contributed by atoms with Crippen molar-refractivity contribution < 1.29 is 14.0 Å². The summed E-state index contributed by atoms with van der Waals surface area (Å²) in [6.45, 7) is 0.259.